The maximum Gasteiger partial charge on any atom is 0.125 e. The Morgan fingerprint density at radius 1 is 1.21 bits per heavy atom. The van der Waals surface area contributed by atoms with Gasteiger partial charge >= 0.3 is 0 Å². The van der Waals surface area contributed by atoms with Crippen molar-refractivity contribution >= 4 is 0 Å². The van der Waals surface area contributed by atoms with Crippen molar-refractivity contribution in [2.45, 2.75) is 19.9 Å². The monoisotopic (exact) mass is 257 g/mol. The van der Waals surface area contributed by atoms with Gasteiger partial charge in [0.15, 0.2) is 0 Å². The highest BCUT2D eigenvalue weighted by Crippen LogP contribution is 2.29. The summed E-state index contributed by atoms with van der Waals surface area (Å²) in [6, 6.07) is 8.08. The van der Waals surface area contributed by atoms with Crippen LogP contribution in [0, 0.1) is 13.8 Å². The first kappa shape index (κ1) is 13.5. The van der Waals surface area contributed by atoms with Crippen LogP contribution in [0.2, 0.25) is 0 Å². The van der Waals surface area contributed by atoms with Crippen LogP contribution in [-0.4, -0.2) is 24.1 Å². The normalized spacial score (nSPS) is 12.2. The number of ether oxygens (including phenoxy) is 1. The van der Waals surface area contributed by atoms with Crippen LogP contribution < -0.4 is 10.1 Å². The van der Waals surface area contributed by atoms with Crippen molar-refractivity contribution in [2.75, 3.05) is 14.2 Å². The van der Waals surface area contributed by atoms with Gasteiger partial charge in [-0.3, -0.25) is 0 Å². The summed E-state index contributed by atoms with van der Waals surface area (Å²) < 4.78 is 5.45. The molecule has 0 aliphatic carbocycles. The van der Waals surface area contributed by atoms with Crippen LogP contribution >= 0.6 is 0 Å². The highest BCUT2D eigenvalue weighted by Gasteiger charge is 2.18. The Hall–Kier alpha value is -1.94. The van der Waals surface area contributed by atoms with Crippen molar-refractivity contribution in [3.63, 3.8) is 0 Å². The second kappa shape index (κ2) is 5.80. The second-order valence-corrected chi connectivity index (χ2v) is 4.50. The molecule has 100 valence electrons. The van der Waals surface area contributed by atoms with Crippen molar-refractivity contribution in [1.29, 1.82) is 0 Å². The number of nitrogens with one attached hydrogen (secondary N) is 1. The Morgan fingerprint density at radius 3 is 2.63 bits per heavy atom. The van der Waals surface area contributed by atoms with E-state index in [0.717, 1.165) is 22.8 Å². The molecule has 0 fully saturated rings. The fourth-order valence-corrected chi connectivity index (χ4v) is 2.18. The van der Waals surface area contributed by atoms with Gasteiger partial charge in [-0.15, -0.1) is 0 Å². The van der Waals surface area contributed by atoms with Crippen LogP contribution in [0.15, 0.2) is 30.5 Å². The third-order valence-corrected chi connectivity index (χ3v) is 3.08. The third kappa shape index (κ3) is 2.90. The molecule has 1 heterocycles. The molecule has 4 nitrogen and oxygen atoms in total. The smallest absolute Gasteiger partial charge is 0.125 e. The largest absolute Gasteiger partial charge is 0.496 e. The van der Waals surface area contributed by atoms with Crippen LogP contribution in [0.25, 0.3) is 0 Å². The zero-order valence-corrected chi connectivity index (χ0v) is 11.8. The molecule has 4 heteroatoms. The van der Waals surface area contributed by atoms with Gasteiger partial charge in [0.05, 0.1) is 18.8 Å². The molecule has 1 unspecified atom stereocenters. The topological polar surface area (TPSA) is 47.0 Å². The zero-order chi connectivity index (χ0) is 13.8. The Kier molecular flexibility index (Phi) is 4.12. The minimum atomic E-state index is -0.00319. The van der Waals surface area contributed by atoms with E-state index < -0.39 is 0 Å². The van der Waals surface area contributed by atoms with Gasteiger partial charge in [0.25, 0.3) is 0 Å². The van der Waals surface area contributed by atoms with Crippen molar-refractivity contribution < 1.29 is 4.74 Å². The average Bonchev–Trinajstić information content (AvgIpc) is 2.40. The molecular weight excluding hydrogens is 238 g/mol. The van der Waals surface area contributed by atoms with Crippen molar-refractivity contribution in [3.8, 4) is 5.75 Å². The Bertz CT molecular complexity index is 569. The first-order valence-corrected chi connectivity index (χ1v) is 6.27. The first-order chi connectivity index (χ1) is 9.15. The average molecular weight is 257 g/mol. The second-order valence-electron chi connectivity index (χ2n) is 4.50. The lowest BCUT2D eigenvalue weighted by Crippen LogP contribution is -2.20. The number of methoxy groups -OCH3 is 1. The van der Waals surface area contributed by atoms with Gasteiger partial charge in [-0.2, -0.15) is 0 Å². The molecule has 0 radical (unpaired) electrons. The standard InChI is InChI=1S/C15H19N3O/c1-10-5-6-14(19-4)12(9-10)15(16-3)13-7-8-17-11(2)18-13/h5-9,15-16H,1-4H3. The molecule has 1 aromatic carbocycles. The number of aryl methyl sites for hydroxylation is 2. The third-order valence-electron chi connectivity index (χ3n) is 3.08. The van der Waals surface area contributed by atoms with E-state index >= 15 is 0 Å². The summed E-state index contributed by atoms with van der Waals surface area (Å²) in [5.41, 5.74) is 3.23. The van der Waals surface area contributed by atoms with Crippen molar-refractivity contribution in [1.82, 2.24) is 15.3 Å². The highest BCUT2D eigenvalue weighted by atomic mass is 16.5. The zero-order valence-electron chi connectivity index (χ0n) is 11.8. The predicted octanol–water partition coefficient (Wildman–Crippen LogP) is 2.41. The van der Waals surface area contributed by atoms with Crippen LogP contribution in [0.4, 0.5) is 0 Å². The minimum Gasteiger partial charge on any atom is -0.496 e. The van der Waals surface area contributed by atoms with Crippen LogP contribution in [0.5, 0.6) is 5.75 Å². The van der Waals surface area contributed by atoms with Crippen molar-refractivity contribution in [2.24, 2.45) is 0 Å². The van der Waals surface area contributed by atoms with Gasteiger partial charge in [-0.25, -0.2) is 9.97 Å². The lowest BCUT2D eigenvalue weighted by molar-refractivity contribution is 0.404. The summed E-state index contributed by atoms with van der Waals surface area (Å²) in [5.74, 6) is 1.63. The molecule has 1 N–H and O–H groups in total. The summed E-state index contributed by atoms with van der Waals surface area (Å²) in [4.78, 5) is 8.64. The molecule has 0 spiro atoms. The molecule has 0 amide bonds. The summed E-state index contributed by atoms with van der Waals surface area (Å²) in [5, 5.41) is 3.29. The van der Waals surface area contributed by atoms with Gasteiger partial charge in [0, 0.05) is 11.8 Å². The predicted molar refractivity (Wildman–Crippen MR) is 75.4 cm³/mol. The fourth-order valence-electron chi connectivity index (χ4n) is 2.18. The number of rotatable bonds is 4. The quantitative estimate of drug-likeness (QED) is 0.913. The molecule has 0 saturated heterocycles. The molecule has 19 heavy (non-hydrogen) atoms. The minimum absolute atomic E-state index is 0.00319. The number of benzene rings is 1. The van der Waals surface area contributed by atoms with Crippen LogP contribution in [-0.2, 0) is 0 Å². The number of hydrogen-bond donors (Lipinski definition) is 1. The van der Waals surface area contributed by atoms with E-state index in [1.165, 1.54) is 5.56 Å². The van der Waals surface area contributed by atoms with Crippen LogP contribution in [0.3, 0.4) is 0 Å². The SMILES string of the molecule is CNC(c1ccnc(C)n1)c1cc(C)ccc1OC. The summed E-state index contributed by atoms with van der Waals surface area (Å²) in [7, 11) is 3.61. The lowest BCUT2D eigenvalue weighted by Gasteiger charge is -2.19. The summed E-state index contributed by atoms with van der Waals surface area (Å²) >= 11 is 0. The summed E-state index contributed by atoms with van der Waals surface area (Å²) in [6.07, 6.45) is 1.78. The van der Waals surface area contributed by atoms with E-state index in [2.05, 4.69) is 28.3 Å². The van der Waals surface area contributed by atoms with Crippen molar-refractivity contribution in [3.05, 3.63) is 53.1 Å². The Labute approximate surface area is 113 Å². The fraction of sp³-hybridized carbons (Fsp3) is 0.333. The molecular formula is C15H19N3O. The van der Waals surface area contributed by atoms with Gasteiger partial charge in [0.1, 0.15) is 11.6 Å². The number of nitrogens with zero attached hydrogens (tertiary/aromatic N) is 2. The summed E-state index contributed by atoms with van der Waals surface area (Å²) in [6.45, 7) is 3.96. The van der Waals surface area contributed by atoms with Gasteiger partial charge in [0.2, 0.25) is 0 Å². The van der Waals surface area contributed by atoms with E-state index in [-0.39, 0.29) is 6.04 Å². The molecule has 0 aliphatic heterocycles. The van der Waals surface area contributed by atoms with Gasteiger partial charge < -0.3 is 10.1 Å². The molecule has 1 atom stereocenters. The first-order valence-electron chi connectivity index (χ1n) is 6.27. The Morgan fingerprint density at radius 2 is 2.00 bits per heavy atom. The van der Waals surface area contributed by atoms with Crippen LogP contribution in [0.1, 0.15) is 28.7 Å². The maximum atomic E-state index is 5.45. The molecule has 0 aliphatic rings. The molecule has 2 aromatic rings. The highest BCUT2D eigenvalue weighted by molar-refractivity contribution is 5.42. The number of hydrogen-bond acceptors (Lipinski definition) is 4. The van der Waals surface area contributed by atoms with E-state index in [1.54, 1.807) is 13.3 Å². The van der Waals surface area contributed by atoms with Gasteiger partial charge in [-0.05, 0) is 33.0 Å². The molecule has 0 bridgehead atoms. The van der Waals surface area contributed by atoms with E-state index in [1.807, 2.05) is 32.2 Å². The molecule has 2 rings (SSSR count). The van der Waals surface area contributed by atoms with E-state index in [9.17, 15) is 0 Å². The number of aromatic nitrogens is 2. The Balaban J connectivity index is 2.50. The van der Waals surface area contributed by atoms with Gasteiger partial charge in [-0.1, -0.05) is 17.7 Å². The lowest BCUT2D eigenvalue weighted by atomic mass is 10.0. The van der Waals surface area contributed by atoms with E-state index in [0.29, 0.717) is 0 Å². The maximum absolute atomic E-state index is 5.45. The molecule has 1 aromatic heterocycles. The molecule has 0 saturated carbocycles. The van der Waals surface area contributed by atoms with E-state index in [4.69, 9.17) is 4.74 Å².